The van der Waals surface area contributed by atoms with Gasteiger partial charge in [0.2, 0.25) is 0 Å². The van der Waals surface area contributed by atoms with Crippen molar-refractivity contribution in [2.75, 3.05) is 0 Å². The van der Waals surface area contributed by atoms with E-state index in [1.807, 2.05) is 0 Å². The van der Waals surface area contributed by atoms with Gasteiger partial charge in [0.1, 0.15) is 0 Å². The van der Waals surface area contributed by atoms with Crippen LogP contribution in [0, 0.1) is 0 Å². The fourth-order valence-corrected chi connectivity index (χ4v) is 4.52. The first-order chi connectivity index (χ1) is 17.8. The van der Waals surface area contributed by atoms with Gasteiger partial charge in [0.15, 0.2) is 0 Å². The number of nitrogens with zero attached hydrogens (tertiary/aromatic N) is 3. The zero-order valence-corrected chi connectivity index (χ0v) is 30.4. The summed E-state index contributed by atoms with van der Waals surface area (Å²) in [7, 11) is 0. The minimum absolute atomic E-state index is 0.00387. The summed E-state index contributed by atoms with van der Waals surface area (Å²) in [5, 5.41) is 8.57. The summed E-state index contributed by atoms with van der Waals surface area (Å²) in [5.41, 5.74) is 15.1. The van der Waals surface area contributed by atoms with Gasteiger partial charge in [-0.25, -0.2) is 12.4 Å². The Morgan fingerprint density at radius 3 is 1.13 bits per heavy atom. The van der Waals surface area contributed by atoms with E-state index in [0.717, 1.165) is 37.7 Å². The molecule has 0 saturated heterocycles. The second kappa shape index (κ2) is 17.0. The fraction of sp³-hybridized carbons (Fsp3) is 0.588. The Bertz CT molecular complexity index is 952. The van der Waals surface area contributed by atoms with Crippen molar-refractivity contribution in [2.45, 2.75) is 132 Å². The van der Waals surface area contributed by atoms with Crippen molar-refractivity contribution in [2.24, 2.45) is 3.34 Å². The molecule has 0 aliphatic rings. The normalized spacial score (nSPS) is 11.8. The number of hydrogen-bond acceptors (Lipinski definition) is 1. The molecule has 0 unspecified atom stereocenters. The molecule has 39 heavy (non-hydrogen) atoms. The molecular weight excluding hydrogens is 645 g/mol. The van der Waals surface area contributed by atoms with Crippen LogP contribution in [-0.4, -0.2) is 11.1 Å². The maximum atomic E-state index is 8.01. The van der Waals surface area contributed by atoms with E-state index in [9.17, 15) is 0 Å². The Morgan fingerprint density at radius 2 is 0.897 bits per heavy atom. The number of hydrogen-bond donors (Lipinski definition) is 0. The van der Waals surface area contributed by atoms with Crippen molar-refractivity contribution in [3.05, 3.63) is 87.4 Å². The van der Waals surface area contributed by atoms with Crippen LogP contribution in [-0.2, 0) is 20.9 Å². The van der Waals surface area contributed by atoms with Crippen molar-refractivity contribution in [1.82, 2.24) is 0 Å². The molecule has 2 aromatic rings. The van der Waals surface area contributed by atoms with Crippen LogP contribution < -0.4 is 0 Å². The van der Waals surface area contributed by atoms with E-state index < -0.39 is 0 Å². The molecule has 0 aromatic heterocycles. The monoisotopic (exact) mass is 700 g/mol. The first-order valence-electron chi connectivity index (χ1n) is 14.2. The van der Waals surface area contributed by atoms with Gasteiger partial charge in [0.25, 0.3) is 0 Å². The molecule has 4 nitrogen and oxygen atoms in total. The van der Waals surface area contributed by atoms with Crippen molar-refractivity contribution >= 4 is 11.4 Å². The molecule has 0 aliphatic carbocycles. The van der Waals surface area contributed by atoms with Crippen LogP contribution in [0.2, 0.25) is 0 Å². The predicted octanol–water partition coefficient (Wildman–Crippen LogP) is 12.7. The van der Waals surface area contributed by atoms with Gasteiger partial charge in [-0.05, 0) is 11.8 Å². The van der Waals surface area contributed by atoms with Crippen molar-refractivity contribution in [3.8, 4) is 0 Å². The third-order valence-electron chi connectivity index (χ3n) is 5.81. The molecule has 1 N–H and O–H groups in total. The minimum atomic E-state index is 0.00387. The Kier molecular flexibility index (Phi) is 16.2. The second-order valence-electron chi connectivity index (χ2n) is 13.2. The maximum absolute atomic E-state index is 8.01. The van der Waals surface area contributed by atoms with Crippen LogP contribution in [0.15, 0.2) is 52.1 Å². The standard InChI is InChI=1S/C12H18N.C12H17N.C10H20N2.Ta/c2*1-8(2)10-6-5-7-11(9(3)4)12(10)13;1-9(2,3)11-7-8-12-10(4,5)6;/h5-9,13H,1-4H3;5-9H,1-4H3;7-8H,1-6H3;/q-1;;-2;/b;;8-7-;. The summed E-state index contributed by atoms with van der Waals surface area (Å²) in [5.74, 6) is 2.03. The molecule has 2 rings (SSSR count). The van der Waals surface area contributed by atoms with Gasteiger partial charge in [0, 0.05) is 0 Å². The van der Waals surface area contributed by atoms with Crippen LogP contribution in [0.4, 0.5) is 11.4 Å². The van der Waals surface area contributed by atoms with Crippen LogP contribution in [0.1, 0.15) is 143 Å². The quantitative estimate of drug-likeness (QED) is 0.276. The molecule has 0 radical (unpaired) electrons. The Hall–Kier alpha value is -1.88. The van der Waals surface area contributed by atoms with Gasteiger partial charge in [-0.2, -0.15) is 0 Å². The first-order valence-corrected chi connectivity index (χ1v) is 15.7. The van der Waals surface area contributed by atoms with Crippen molar-refractivity contribution in [3.63, 3.8) is 0 Å². The molecule has 0 bridgehead atoms. The van der Waals surface area contributed by atoms with Crippen molar-refractivity contribution < 1.29 is 20.9 Å². The molecule has 0 aliphatic heterocycles. The van der Waals surface area contributed by atoms with Gasteiger partial charge in [-0.1, -0.05) is 98.6 Å². The summed E-state index contributed by atoms with van der Waals surface area (Å²) in [6, 6.07) is 12.7. The van der Waals surface area contributed by atoms with E-state index in [1.54, 1.807) is 12.4 Å². The van der Waals surface area contributed by atoms with Crippen LogP contribution in [0.25, 0.3) is 16.4 Å². The third-order valence-corrected chi connectivity index (χ3v) is 6.52. The van der Waals surface area contributed by atoms with Crippen LogP contribution in [0.3, 0.4) is 0 Å². The fourth-order valence-electron chi connectivity index (χ4n) is 3.69. The van der Waals surface area contributed by atoms with Crippen LogP contribution >= 0.6 is 0 Å². The zero-order chi connectivity index (χ0) is 30.6. The molecule has 0 fully saturated rings. The number of benzene rings is 2. The Morgan fingerprint density at radius 1 is 0.615 bits per heavy atom. The molecule has 0 atom stereocenters. The summed E-state index contributed by atoms with van der Waals surface area (Å²) in [6.07, 6.45) is 3.54. The average Bonchev–Trinajstić information content (AvgIpc) is 2.80. The molecule has 5 heteroatoms. The molecule has 2 aromatic carbocycles. The molecular formula is C34H55N4Ta-3. The van der Waals surface area contributed by atoms with Gasteiger partial charge < -0.3 is 16.4 Å². The van der Waals surface area contributed by atoms with Gasteiger partial charge in [0.05, 0.1) is 0 Å². The average molecular weight is 701 g/mol. The topological polar surface area (TPSA) is 64.4 Å². The van der Waals surface area contributed by atoms with E-state index in [0.29, 0.717) is 23.7 Å². The van der Waals surface area contributed by atoms with Gasteiger partial charge in [-0.15, -0.1) is 16.8 Å². The summed E-state index contributed by atoms with van der Waals surface area (Å²) < 4.78 is 4.52. The van der Waals surface area contributed by atoms with Crippen LogP contribution in [0.5, 0.6) is 0 Å². The number of rotatable bonds is 7. The summed E-state index contributed by atoms with van der Waals surface area (Å²) in [6.45, 7) is 29.8. The summed E-state index contributed by atoms with van der Waals surface area (Å²) in [4.78, 5) is 0. The predicted molar refractivity (Wildman–Crippen MR) is 171 cm³/mol. The zero-order valence-electron chi connectivity index (χ0n) is 27.2. The van der Waals surface area contributed by atoms with E-state index in [-0.39, 0.29) is 11.1 Å². The molecule has 0 spiro atoms. The van der Waals surface area contributed by atoms with E-state index in [4.69, 9.17) is 5.73 Å². The Labute approximate surface area is 253 Å². The molecule has 0 amide bonds. The van der Waals surface area contributed by atoms with E-state index >= 15 is 0 Å². The molecule has 219 valence electrons. The van der Waals surface area contributed by atoms with E-state index in [2.05, 4.69) is 147 Å². The Balaban J connectivity index is 0.000000558. The molecule has 0 heterocycles. The second-order valence-corrected chi connectivity index (χ2v) is 13.9. The van der Waals surface area contributed by atoms with Crippen molar-refractivity contribution in [1.29, 1.82) is 0 Å². The summed E-state index contributed by atoms with van der Waals surface area (Å²) >= 11 is 1.09. The first kappa shape index (κ1) is 37.1. The molecule has 0 saturated carbocycles. The number of nitrogens with one attached hydrogen (secondary N) is 1. The van der Waals surface area contributed by atoms with Gasteiger partial charge >= 0.3 is 98.8 Å². The van der Waals surface area contributed by atoms with Gasteiger partial charge in [-0.3, -0.25) is 0 Å². The third kappa shape index (κ3) is 14.9. The SMILES string of the molecule is CC(C)(C)[N-]/C=C\[N-]C(C)(C)C.CC(C)c1cccc(C(C)C)c1[NH-].CC(C)c1cccc(C(C)C)c1[N]=[Ta]. The van der Waals surface area contributed by atoms with E-state index in [1.165, 1.54) is 16.8 Å².